The number of likely N-dealkylation sites (tertiary alicyclic amines) is 1. The minimum atomic E-state index is -0.814. The average Bonchev–Trinajstić information content (AvgIpc) is 2.74. The Morgan fingerprint density at radius 3 is 2.78 bits per heavy atom. The number of carbonyl (C=O) groups excluding carboxylic acids is 1. The third kappa shape index (κ3) is 2.92. The summed E-state index contributed by atoms with van der Waals surface area (Å²) in [7, 11) is 0. The highest BCUT2D eigenvalue weighted by Crippen LogP contribution is 2.26. The fourth-order valence-corrected chi connectivity index (χ4v) is 3.43. The third-order valence-electron chi connectivity index (χ3n) is 3.11. The Morgan fingerprint density at radius 1 is 1.50 bits per heavy atom. The van der Waals surface area contributed by atoms with Crippen molar-refractivity contribution in [1.29, 1.82) is 0 Å². The van der Waals surface area contributed by atoms with Crippen molar-refractivity contribution in [3.05, 3.63) is 20.8 Å². The molecule has 1 aliphatic heterocycles. The first kappa shape index (κ1) is 13.5. The number of piperidine rings is 1. The number of hydrogen-bond acceptors (Lipinski definition) is 3. The number of amides is 1. The van der Waals surface area contributed by atoms with Gasteiger partial charge in [-0.1, -0.05) is 6.92 Å². The molecule has 1 aliphatic rings. The van der Waals surface area contributed by atoms with Gasteiger partial charge < -0.3 is 10.0 Å². The lowest BCUT2D eigenvalue weighted by atomic mass is 9.90. The van der Waals surface area contributed by atoms with E-state index in [1.807, 2.05) is 6.92 Å². The first-order valence-electron chi connectivity index (χ1n) is 5.73. The van der Waals surface area contributed by atoms with Crippen LogP contribution >= 0.6 is 27.3 Å². The van der Waals surface area contributed by atoms with Crippen molar-refractivity contribution in [2.24, 2.45) is 11.8 Å². The van der Waals surface area contributed by atoms with Crippen LogP contribution < -0.4 is 0 Å². The van der Waals surface area contributed by atoms with Crippen LogP contribution in [-0.4, -0.2) is 35.0 Å². The van der Waals surface area contributed by atoms with E-state index in [9.17, 15) is 9.59 Å². The maximum absolute atomic E-state index is 12.2. The summed E-state index contributed by atoms with van der Waals surface area (Å²) in [6.07, 6.45) is 0.645. The van der Waals surface area contributed by atoms with E-state index in [0.29, 0.717) is 25.1 Å². The first-order chi connectivity index (χ1) is 8.47. The Bertz CT molecular complexity index is 474. The van der Waals surface area contributed by atoms with E-state index < -0.39 is 11.9 Å². The average molecular weight is 332 g/mol. The van der Waals surface area contributed by atoms with E-state index in [0.717, 1.165) is 3.79 Å². The lowest BCUT2D eigenvalue weighted by molar-refractivity contribution is -0.143. The second kappa shape index (κ2) is 5.40. The molecule has 2 heterocycles. The van der Waals surface area contributed by atoms with Gasteiger partial charge in [0.1, 0.15) is 0 Å². The molecule has 4 nitrogen and oxygen atoms in total. The Morgan fingerprint density at radius 2 is 2.22 bits per heavy atom. The van der Waals surface area contributed by atoms with E-state index in [1.54, 1.807) is 16.3 Å². The lowest BCUT2D eigenvalue weighted by Gasteiger charge is -2.34. The standard InChI is InChI=1S/C12H14BrNO3S/c1-7-2-8(12(16)17)5-14(4-7)11(15)9-3-10(13)18-6-9/h3,6-8H,2,4-5H2,1H3,(H,16,17). The van der Waals surface area contributed by atoms with Crippen LogP contribution in [0.5, 0.6) is 0 Å². The summed E-state index contributed by atoms with van der Waals surface area (Å²) in [6.45, 7) is 2.93. The Hall–Kier alpha value is -0.880. The fraction of sp³-hybridized carbons (Fsp3) is 0.500. The van der Waals surface area contributed by atoms with Crippen LogP contribution in [0.15, 0.2) is 15.2 Å². The normalized spacial score (nSPS) is 24.0. The summed E-state index contributed by atoms with van der Waals surface area (Å²) >= 11 is 4.78. The molecular weight excluding hydrogens is 318 g/mol. The summed E-state index contributed by atoms with van der Waals surface area (Å²) in [5.74, 6) is -1.11. The molecule has 2 atom stereocenters. The van der Waals surface area contributed by atoms with Crippen molar-refractivity contribution in [1.82, 2.24) is 4.90 Å². The highest BCUT2D eigenvalue weighted by molar-refractivity contribution is 9.11. The number of thiophene rings is 1. The Labute approximate surface area is 118 Å². The second-order valence-electron chi connectivity index (χ2n) is 4.73. The van der Waals surface area contributed by atoms with Gasteiger partial charge in [0.2, 0.25) is 0 Å². The minimum Gasteiger partial charge on any atom is -0.481 e. The van der Waals surface area contributed by atoms with Gasteiger partial charge in [-0.15, -0.1) is 11.3 Å². The zero-order valence-electron chi connectivity index (χ0n) is 9.93. The molecule has 0 aliphatic carbocycles. The molecule has 0 aromatic carbocycles. The molecular formula is C12H14BrNO3S. The Balaban J connectivity index is 2.12. The zero-order chi connectivity index (χ0) is 13.3. The van der Waals surface area contributed by atoms with Gasteiger partial charge >= 0.3 is 5.97 Å². The van der Waals surface area contributed by atoms with Crippen molar-refractivity contribution < 1.29 is 14.7 Å². The number of aliphatic carboxylic acids is 1. The van der Waals surface area contributed by atoms with E-state index in [4.69, 9.17) is 5.11 Å². The molecule has 1 N–H and O–H groups in total. The van der Waals surface area contributed by atoms with Crippen molar-refractivity contribution in [3.63, 3.8) is 0 Å². The van der Waals surface area contributed by atoms with E-state index in [-0.39, 0.29) is 11.8 Å². The van der Waals surface area contributed by atoms with Gasteiger partial charge in [-0.3, -0.25) is 9.59 Å². The Kier molecular flexibility index (Phi) is 4.07. The van der Waals surface area contributed by atoms with Gasteiger partial charge in [0, 0.05) is 18.5 Å². The van der Waals surface area contributed by atoms with Crippen molar-refractivity contribution in [3.8, 4) is 0 Å². The largest absolute Gasteiger partial charge is 0.481 e. The first-order valence-corrected chi connectivity index (χ1v) is 7.40. The van der Waals surface area contributed by atoms with Gasteiger partial charge in [0.05, 0.1) is 15.3 Å². The summed E-state index contributed by atoms with van der Waals surface area (Å²) in [5, 5.41) is 10.9. The van der Waals surface area contributed by atoms with Crippen LogP contribution in [0.4, 0.5) is 0 Å². The molecule has 98 valence electrons. The second-order valence-corrected chi connectivity index (χ2v) is 7.02. The minimum absolute atomic E-state index is 0.0743. The molecule has 0 bridgehead atoms. The lowest BCUT2D eigenvalue weighted by Crippen LogP contribution is -2.45. The molecule has 1 amide bonds. The molecule has 1 aromatic heterocycles. The van der Waals surface area contributed by atoms with Crippen LogP contribution in [0.25, 0.3) is 0 Å². The van der Waals surface area contributed by atoms with Crippen molar-refractivity contribution in [2.45, 2.75) is 13.3 Å². The van der Waals surface area contributed by atoms with Gasteiger partial charge in [-0.2, -0.15) is 0 Å². The molecule has 2 unspecified atom stereocenters. The van der Waals surface area contributed by atoms with Crippen LogP contribution in [0.1, 0.15) is 23.7 Å². The molecule has 6 heteroatoms. The summed E-state index contributed by atoms with van der Waals surface area (Å²) in [4.78, 5) is 25.0. The fourth-order valence-electron chi connectivity index (χ4n) is 2.30. The van der Waals surface area contributed by atoms with Crippen LogP contribution in [-0.2, 0) is 4.79 Å². The van der Waals surface area contributed by atoms with E-state index in [1.165, 1.54) is 11.3 Å². The third-order valence-corrected chi connectivity index (χ3v) is 4.62. The highest BCUT2D eigenvalue weighted by Gasteiger charge is 2.32. The predicted molar refractivity (Wildman–Crippen MR) is 72.8 cm³/mol. The number of rotatable bonds is 2. The van der Waals surface area contributed by atoms with Gasteiger partial charge in [-0.25, -0.2) is 0 Å². The maximum Gasteiger partial charge on any atom is 0.308 e. The molecule has 0 radical (unpaired) electrons. The zero-order valence-corrected chi connectivity index (χ0v) is 12.3. The SMILES string of the molecule is CC1CC(C(=O)O)CN(C(=O)c2csc(Br)c2)C1. The molecule has 1 fully saturated rings. The maximum atomic E-state index is 12.2. The predicted octanol–water partition coefficient (Wildman–Crippen LogP) is 2.69. The number of carboxylic acid groups (broad SMARTS) is 1. The number of nitrogens with zero attached hydrogens (tertiary/aromatic N) is 1. The molecule has 1 saturated heterocycles. The highest BCUT2D eigenvalue weighted by atomic mass is 79.9. The van der Waals surface area contributed by atoms with Crippen LogP contribution in [0, 0.1) is 11.8 Å². The summed E-state index contributed by atoms with van der Waals surface area (Å²) in [6, 6.07) is 1.78. The monoisotopic (exact) mass is 331 g/mol. The van der Waals surface area contributed by atoms with Gasteiger partial charge in [0.15, 0.2) is 0 Å². The molecule has 0 spiro atoms. The summed E-state index contributed by atoms with van der Waals surface area (Å²) < 4.78 is 0.908. The van der Waals surface area contributed by atoms with Crippen molar-refractivity contribution in [2.75, 3.05) is 13.1 Å². The number of halogens is 1. The topological polar surface area (TPSA) is 57.6 Å². The molecule has 1 aromatic rings. The smallest absolute Gasteiger partial charge is 0.308 e. The molecule has 2 rings (SSSR count). The van der Waals surface area contributed by atoms with E-state index in [2.05, 4.69) is 15.9 Å². The molecule has 0 saturated carbocycles. The van der Waals surface area contributed by atoms with Gasteiger partial charge in [0.25, 0.3) is 5.91 Å². The van der Waals surface area contributed by atoms with E-state index >= 15 is 0 Å². The van der Waals surface area contributed by atoms with Crippen LogP contribution in [0.2, 0.25) is 0 Å². The summed E-state index contributed by atoms with van der Waals surface area (Å²) in [5.41, 5.74) is 0.630. The number of hydrogen-bond donors (Lipinski definition) is 1. The van der Waals surface area contributed by atoms with Crippen molar-refractivity contribution >= 4 is 39.1 Å². The quantitative estimate of drug-likeness (QED) is 0.906. The van der Waals surface area contributed by atoms with Crippen LogP contribution in [0.3, 0.4) is 0 Å². The van der Waals surface area contributed by atoms with Gasteiger partial charge in [-0.05, 0) is 34.3 Å². The number of carboxylic acids is 1. The number of carbonyl (C=O) groups is 2. The molecule has 18 heavy (non-hydrogen) atoms.